The number of rotatable bonds is 5. The molecule has 1 heterocycles. The number of methoxy groups -OCH3 is 3. The lowest BCUT2D eigenvalue weighted by Gasteiger charge is -2.30. The number of nitrogens with zero attached hydrogens (tertiary/aromatic N) is 1. The predicted octanol–water partition coefficient (Wildman–Crippen LogP) is 1.97. The number of benzene rings is 1. The molecule has 1 fully saturated rings. The number of carbonyl (C=O) groups excluding carboxylic acids is 1. The first-order chi connectivity index (χ1) is 11.1. The Hall–Kier alpha value is -2.21. The molecule has 2 rings (SSSR count). The van der Waals surface area contributed by atoms with E-state index in [4.69, 9.17) is 18.9 Å². The van der Waals surface area contributed by atoms with Crippen molar-refractivity contribution in [3.8, 4) is 17.2 Å². The topological polar surface area (TPSA) is 57.2 Å². The highest BCUT2D eigenvalue weighted by Crippen LogP contribution is 2.38. The molecular formula is C17H23NO5. The minimum Gasteiger partial charge on any atom is -0.493 e. The quantitative estimate of drug-likeness (QED) is 0.776. The summed E-state index contributed by atoms with van der Waals surface area (Å²) < 4.78 is 21.3. The normalized spacial score (nSPS) is 18.1. The molecule has 0 saturated carbocycles. The molecule has 1 amide bonds. The molecule has 1 aliphatic rings. The van der Waals surface area contributed by atoms with E-state index in [1.165, 1.54) is 0 Å². The van der Waals surface area contributed by atoms with Gasteiger partial charge in [-0.1, -0.05) is 0 Å². The zero-order valence-electron chi connectivity index (χ0n) is 14.0. The highest BCUT2D eigenvalue weighted by atomic mass is 16.5. The van der Waals surface area contributed by atoms with Gasteiger partial charge in [-0.2, -0.15) is 0 Å². The van der Waals surface area contributed by atoms with Gasteiger partial charge in [0.2, 0.25) is 11.7 Å². The van der Waals surface area contributed by atoms with Crippen LogP contribution in [0.25, 0.3) is 6.08 Å². The van der Waals surface area contributed by atoms with Crippen molar-refractivity contribution < 1.29 is 23.7 Å². The Morgan fingerprint density at radius 3 is 2.39 bits per heavy atom. The van der Waals surface area contributed by atoms with Crippen molar-refractivity contribution in [3.63, 3.8) is 0 Å². The minimum atomic E-state index is -0.0334. The predicted molar refractivity (Wildman–Crippen MR) is 87.1 cm³/mol. The second-order valence-electron chi connectivity index (χ2n) is 5.26. The molecule has 0 aromatic heterocycles. The number of carbonyl (C=O) groups is 1. The van der Waals surface area contributed by atoms with Crippen LogP contribution in [0.3, 0.4) is 0 Å². The Bertz CT molecular complexity index is 559. The molecule has 6 heteroatoms. The molecule has 1 unspecified atom stereocenters. The van der Waals surface area contributed by atoms with E-state index in [9.17, 15) is 4.79 Å². The van der Waals surface area contributed by atoms with Gasteiger partial charge in [0.15, 0.2) is 11.5 Å². The van der Waals surface area contributed by atoms with Gasteiger partial charge >= 0.3 is 0 Å². The largest absolute Gasteiger partial charge is 0.493 e. The molecule has 0 radical (unpaired) electrons. The lowest BCUT2D eigenvalue weighted by molar-refractivity contribution is -0.132. The third kappa shape index (κ3) is 4.16. The second kappa shape index (κ2) is 7.87. The van der Waals surface area contributed by atoms with E-state index in [2.05, 4.69) is 0 Å². The first kappa shape index (κ1) is 17.1. The van der Waals surface area contributed by atoms with Crippen molar-refractivity contribution in [1.29, 1.82) is 0 Å². The van der Waals surface area contributed by atoms with Crippen LogP contribution < -0.4 is 14.2 Å². The van der Waals surface area contributed by atoms with Crippen LogP contribution in [-0.2, 0) is 9.53 Å². The number of ether oxygens (including phenoxy) is 4. The summed E-state index contributed by atoms with van der Waals surface area (Å²) in [5, 5.41) is 0. The van der Waals surface area contributed by atoms with Gasteiger partial charge in [-0.25, -0.2) is 0 Å². The Balaban J connectivity index is 2.17. The fraction of sp³-hybridized carbons (Fsp3) is 0.471. The van der Waals surface area contributed by atoms with E-state index in [0.717, 1.165) is 5.56 Å². The molecule has 1 aromatic carbocycles. The Kier molecular flexibility index (Phi) is 5.87. The van der Waals surface area contributed by atoms with Crippen LogP contribution in [-0.4, -0.2) is 57.9 Å². The lowest BCUT2D eigenvalue weighted by atomic mass is 10.1. The van der Waals surface area contributed by atoms with Crippen LogP contribution in [0.2, 0.25) is 0 Å². The highest BCUT2D eigenvalue weighted by Gasteiger charge is 2.19. The maximum atomic E-state index is 12.2. The molecule has 0 bridgehead atoms. The molecule has 1 aromatic rings. The first-order valence-electron chi connectivity index (χ1n) is 7.47. The van der Waals surface area contributed by atoms with Gasteiger partial charge in [-0.15, -0.1) is 0 Å². The van der Waals surface area contributed by atoms with Gasteiger partial charge in [0.25, 0.3) is 0 Å². The summed E-state index contributed by atoms with van der Waals surface area (Å²) in [6.07, 6.45) is 3.37. The van der Waals surface area contributed by atoms with Crippen molar-refractivity contribution in [1.82, 2.24) is 4.90 Å². The summed E-state index contributed by atoms with van der Waals surface area (Å²) in [5.41, 5.74) is 0.800. The van der Waals surface area contributed by atoms with E-state index in [0.29, 0.717) is 36.9 Å². The summed E-state index contributed by atoms with van der Waals surface area (Å²) in [6, 6.07) is 3.60. The van der Waals surface area contributed by atoms with Crippen LogP contribution >= 0.6 is 0 Å². The van der Waals surface area contributed by atoms with Crippen molar-refractivity contribution in [2.24, 2.45) is 0 Å². The fourth-order valence-corrected chi connectivity index (χ4v) is 2.49. The summed E-state index contributed by atoms with van der Waals surface area (Å²) in [6.45, 7) is 3.76. The fourth-order valence-electron chi connectivity index (χ4n) is 2.49. The van der Waals surface area contributed by atoms with Crippen LogP contribution in [0.15, 0.2) is 18.2 Å². The van der Waals surface area contributed by atoms with Gasteiger partial charge in [-0.05, 0) is 30.7 Å². The zero-order valence-corrected chi connectivity index (χ0v) is 14.0. The van der Waals surface area contributed by atoms with Gasteiger partial charge in [-0.3, -0.25) is 4.79 Å². The monoisotopic (exact) mass is 321 g/mol. The molecule has 0 aliphatic carbocycles. The molecule has 0 N–H and O–H groups in total. The van der Waals surface area contributed by atoms with Crippen LogP contribution in [0.1, 0.15) is 12.5 Å². The highest BCUT2D eigenvalue weighted by molar-refractivity contribution is 5.92. The van der Waals surface area contributed by atoms with Gasteiger partial charge in [0, 0.05) is 19.2 Å². The summed E-state index contributed by atoms with van der Waals surface area (Å²) in [5.74, 6) is 1.60. The van der Waals surface area contributed by atoms with Gasteiger partial charge in [0.05, 0.1) is 34.0 Å². The van der Waals surface area contributed by atoms with E-state index < -0.39 is 0 Å². The third-order valence-electron chi connectivity index (χ3n) is 3.66. The van der Waals surface area contributed by atoms with Gasteiger partial charge in [0.1, 0.15) is 0 Å². The van der Waals surface area contributed by atoms with Crippen molar-refractivity contribution in [2.75, 3.05) is 41.0 Å². The standard InChI is InChI=1S/C17H23NO5/c1-12-11-18(7-8-23-12)16(19)6-5-13-9-14(20-2)17(22-4)15(10-13)21-3/h5-6,9-10,12H,7-8,11H2,1-4H3/b6-5+. The van der Waals surface area contributed by atoms with Crippen molar-refractivity contribution in [3.05, 3.63) is 23.8 Å². The zero-order chi connectivity index (χ0) is 16.8. The molecule has 126 valence electrons. The summed E-state index contributed by atoms with van der Waals surface area (Å²) in [7, 11) is 4.68. The number of amides is 1. The lowest BCUT2D eigenvalue weighted by Crippen LogP contribution is -2.43. The average Bonchev–Trinajstić information content (AvgIpc) is 2.58. The van der Waals surface area contributed by atoms with Crippen molar-refractivity contribution in [2.45, 2.75) is 13.0 Å². The number of morpholine rings is 1. The smallest absolute Gasteiger partial charge is 0.246 e. The molecule has 1 aliphatic heterocycles. The SMILES string of the molecule is COc1cc(/C=C/C(=O)N2CCOC(C)C2)cc(OC)c1OC. The van der Waals surface area contributed by atoms with E-state index >= 15 is 0 Å². The Labute approximate surface area is 136 Å². The van der Waals surface area contributed by atoms with E-state index in [-0.39, 0.29) is 12.0 Å². The minimum absolute atomic E-state index is 0.0334. The molecule has 23 heavy (non-hydrogen) atoms. The molecule has 0 spiro atoms. The third-order valence-corrected chi connectivity index (χ3v) is 3.66. The second-order valence-corrected chi connectivity index (χ2v) is 5.26. The molecular weight excluding hydrogens is 298 g/mol. The maximum absolute atomic E-state index is 12.2. The average molecular weight is 321 g/mol. The van der Waals surface area contributed by atoms with Crippen molar-refractivity contribution >= 4 is 12.0 Å². The molecule has 1 saturated heterocycles. The van der Waals surface area contributed by atoms with Crippen LogP contribution in [0.4, 0.5) is 0 Å². The van der Waals surface area contributed by atoms with E-state index in [1.807, 2.05) is 6.92 Å². The maximum Gasteiger partial charge on any atom is 0.246 e. The van der Waals surface area contributed by atoms with Gasteiger partial charge < -0.3 is 23.8 Å². The Morgan fingerprint density at radius 2 is 1.87 bits per heavy atom. The first-order valence-corrected chi connectivity index (χ1v) is 7.47. The summed E-state index contributed by atoms with van der Waals surface area (Å²) >= 11 is 0. The van der Waals surface area contributed by atoms with Crippen LogP contribution in [0.5, 0.6) is 17.2 Å². The Morgan fingerprint density at radius 1 is 1.22 bits per heavy atom. The van der Waals surface area contributed by atoms with Crippen LogP contribution in [0, 0.1) is 0 Å². The number of hydrogen-bond donors (Lipinski definition) is 0. The molecule has 1 atom stereocenters. The summed E-state index contributed by atoms with van der Waals surface area (Å²) in [4.78, 5) is 14.0. The number of hydrogen-bond acceptors (Lipinski definition) is 5. The molecule has 6 nitrogen and oxygen atoms in total. The van der Waals surface area contributed by atoms with E-state index in [1.54, 1.807) is 50.5 Å².